The molecule has 0 aromatic heterocycles. The van der Waals surface area contributed by atoms with E-state index in [1.807, 2.05) is 31.2 Å². The van der Waals surface area contributed by atoms with Gasteiger partial charge in [-0.15, -0.1) is 12.6 Å². The summed E-state index contributed by atoms with van der Waals surface area (Å²) in [7, 11) is 0. The zero-order valence-corrected chi connectivity index (χ0v) is 13.3. The van der Waals surface area contributed by atoms with Crippen LogP contribution in [0.5, 0.6) is 0 Å². The van der Waals surface area contributed by atoms with Gasteiger partial charge < -0.3 is 10.4 Å². The van der Waals surface area contributed by atoms with Crippen molar-refractivity contribution in [1.29, 1.82) is 0 Å². The Morgan fingerprint density at radius 3 is 2.76 bits per heavy atom. The van der Waals surface area contributed by atoms with Crippen LogP contribution >= 0.6 is 24.2 Å². The van der Waals surface area contributed by atoms with Crippen LogP contribution in [0.1, 0.15) is 12.0 Å². The minimum atomic E-state index is -1.97. The van der Waals surface area contributed by atoms with Gasteiger partial charge in [-0.25, -0.2) is 4.39 Å². The minimum absolute atomic E-state index is 0.774. The standard InChI is InChI=1S/C14H15ClN2.CH3FOS/c1-10-9-12(6-7-13(10)15)17-11(2)14-5-3-4-8-16-14;2-1(3)4/h3,5-7,9,17H,2,4,8H2,1H3;1,3-4H. The Kier molecular flexibility index (Phi) is 7.50. The predicted octanol–water partition coefficient (Wildman–Crippen LogP) is 4.14. The quantitative estimate of drug-likeness (QED) is 0.577. The average Bonchev–Trinajstić information content (AvgIpc) is 2.43. The zero-order chi connectivity index (χ0) is 15.8. The highest BCUT2D eigenvalue weighted by Gasteiger charge is 2.05. The molecule has 21 heavy (non-hydrogen) atoms. The van der Waals surface area contributed by atoms with Crippen molar-refractivity contribution in [3.63, 3.8) is 0 Å². The number of nitrogens with zero attached hydrogens (tertiary/aromatic N) is 1. The number of benzene rings is 1. The highest BCUT2D eigenvalue weighted by atomic mass is 35.5. The number of aliphatic imine (C=N–C) groups is 1. The molecule has 2 N–H and O–H groups in total. The highest BCUT2D eigenvalue weighted by Crippen LogP contribution is 2.20. The van der Waals surface area contributed by atoms with Gasteiger partial charge in [-0.05, 0) is 43.2 Å². The van der Waals surface area contributed by atoms with Crippen LogP contribution < -0.4 is 5.32 Å². The monoisotopic (exact) mass is 328 g/mol. The van der Waals surface area contributed by atoms with E-state index in [9.17, 15) is 4.39 Å². The van der Waals surface area contributed by atoms with E-state index in [0.29, 0.717) is 0 Å². The van der Waals surface area contributed by atoms with Crippen LogP contribution in [0.2, 0.25) is 5.02 Å². The topological polar surface area (TPSA) is 44.6 Å². The summed E-state index contributed by atoms with van der Waals surface area (Å²) < 4.78 is 10.4. The lowest BCUT2D eigenvalue weighted by Crippen LogP contribution is -2.10. The van der Waals surface area contributed by atoms with Gasteiger partial charge in [0.15, 0.2) is 0 Å². The summed E-state index contributed by atoms with van der Waals surface area (Å²) in [6.45, 7) is 6.82. The number of hydrogen-bond acceptors (Lipinski definition) is 4. The predicted molar refractivity (Wildman–Crippen MR) is 91.1 cm³/mol. The van der Waals surface area contributed by atoms with Gasteiger partial charge >= 0.3 is 0 Å². The lowest BCUT2D eigenvalue weighted by atomic mass is 10.1. The van der Waals surface area contributed by atoms with Crippen LogP contribution in [0.15, 0.2) is 47.6 Å². The van der Waals surface area contributed by atoms with E-state index in [0.717, 1.165) is 40.6 Å². The molecule has 0 spiro atoms. The largest absolute Gasteiger partial charge is 0.356 e. The van der Waals surface area contributed by atoms with Crippen molar-refractivity contribution in [3.05, 3.63) is 53.2 Å². The first kappa shape index (κ1) is 17.8. The highest BCUT2D eigenvalue weighted by molar-refractivity contribution is 7.80. The van der Waals surface area contributed by atoms with Crippen LogP contribution in [0.25, 0.3) is 0 Å². The van der Waals surface area contributed by atoms with Gasteiger partial charge in [0.1, 0.15) is 0 Å². The molecular weight excluding hydrogens is 311 g/mol. The van der Waals surface area contributed by atoms with Gasteiger partial charge in [0.25, 0.3) is 0 Å². The lowest BCUT2D eigenvalue weighted by molar-refractivity contribution is 0.132. The van der Waals surface area contributed by atoms with Crippen molar-refractivity contribution in [3.8, 4) is 0 Å². The van der Waals surface area contributed by atoms with Crippen LogP contribution in [0.4, 0.5) is 10.1 Å². The lowest BCUT2D eigenvalue weighted by Gasteiger charge is -2.12. The maximum atomic E-state index is 10.4. The number of hydrogen-bond donors (Lipinski definition) is 3. The summed E-state index contributed by atoms with van der Waals surface area (Å²) in [6.07, 6.45) is 5.13. The van der Waals surface area contributed by atoms with Crippen molar-refractivity contribution < 1.29 is 9.50 Å². The number of rotatable bonds is 3. The van der Waals surface area contributed by atoms with E-state index in [-0.39, 0.29) is 0 Å². The normalized spacial score (nSPS) is 14.6. The Balaban J connectivity index is 0.000000491. The maximum Gasteiger partial charge on any atom is 0.241 e. The van der Waals surface area contributed by atoms with Crippen molar-refractivity contribution in [2.45, 2.75) is 19.0 Å². The first-order valence-corrected chi connectivity index (χ1v) is 7.23. The van der Waals surface area contributed by atoms with Crippen LogP contribution in [-0.4, -0.2) is 23.1 Å². The molecule has 1 heterocycles. The third-order valence-electron chi connectivity index (χ3n) is 2.62. The van der Waals surface area contributed by atoms with E-state index in [1.54, 1.807) is 0 Å². The third-order valence-corrected chi connectivity index (χ3v) is 3.04. The summed E-state index contributed by atoms with van der Waals surface area (Å²) in [5.74, 6) is 0. The number of dihydropyridines is 1. The van der Waals surface area contributed by atoms with Crippen molar-refractivity contribution in [1.82, 2.24) is 0 Å². The Bertz CT molecular complexity index is 556. The molecule has 1 aliphatic rings. The van der Waals surface area contributed by atoms with Crippen LogP contribution in [0.3, 0.4) is 0 Å². The molecule has 1 aromatic rings. The second-order valence-electron chi connectivity index (χ2n) is 4.34. The second kappa shape index (κ2) is 8.87. The fourth-order valence-corrected chi connectivity index (χ4v) is 1.78. The molecular formula is C15H18ClFN2OS. The van der Waals surface area contributed by atoms with Crippen molar-refractivity contribution in [2.24, 2.45) is 4.99 Å². The zero-order valence-electron chi connectivity index (χ0n) is 11.7. The molecule has 0 radical (unpaired) electrons. The molecule has 1 aliphatic heterocycles. The first-order valence-electron chi connectivity index (χ1n) is 6.34. The van der Waals surface area contributed by atoms with Crippen molar-refractivity contribution >= 4 is 35.6 Å². The van der Waals surface area contributed by atoms with Gasteiger partial charge in [-0.2, -0.15) is 0 Å². The molecule has 3 nitrogen and oxygen atoms in total. The summed E-state index contributed by atoms with van der Waals surface area (Å²) in [6, 6.07) is 5.82. The van der Waals surface area contributed by atoms with Crippen molar-refractivity contribution in [2.75, 3.05) is 11.9 Å². The SMILES string of the molecule is C=C(Nc1ccc(Cl)c(C)c1)C1=NCCC=C1.OC(F)S. The number of alkyl halides is 1. The molecule has 0 amide bonds. The third kappa shape index (κ3) is 6.80. The molecule has 1 atom stereocenters. The van der Waals surface area contributed by atoms with Crippen LogP contribution in [-0.2, 0) is 0 Å². The summed E-state index contributed by atoms with van der Waals surface area (Å²) in [5.41, 5.74) is 1.80. The second-order valence-corrected chi connectivity index (χ2v) is 5.17. The van der Waals surface area contributed by atoms with Crippen LogP contribution in [0, 0.1) is 6.92 Å². The van der Waals surface area contributed by atoms with Gasteiger partial charge in [0, 0.05) is 17.3 Å². The molecule has 0 saturated heterocycles. The average molecular weight is 329 g/mol. The summed E-state index contributed by atoms with van der Waals surface area (Å²) >= 11 is 8.84. The molecule has 114 valence electrons. The number of aryl methyl sites for hydroxylation is 1. The Morgan fingerprint density at radius 2 is 2.24 bits per heavy atom. The molecule has 0 saturated carbocycles. The Morgan fingerprint density at radius 1 is 1.57 bits per heavy atom. The first-order chi connectivity index (χ1) is 9.90. The number of aliphatic hydroxyl groups is 1. The summed E-state index contributed by atoms with van der Waals surface area (Å²) in [4.78, 5) is 4.41. The molecule has 6 heteroatoms. The molecule has 0 bridgehead atoms. The Hall–Kier alpha value is -1.30. The number of nitrogens with one attached hydrogen (secondary N) is 1. The van der Waals surface area contributed by atoms with Gasteiger partial charge in [0.2, 0.25) is 5.69 Å². The number of anilines is 1. The molecule has 0 aliphatic carbocycles. The molecule has 1 aromatic carbocycles. The van der Waals surface area contributed by atoms with E-state index >= 15 is 0 Å². The number of allylic oxidation sites excluding steroid dienone is 1. The summed E-state index contributed by atoms with van der Waals surface area (Å²) in [5, 5.41) is 11.3. The van der Waals surface area contributed by atoms with Gasteiger partial charge in [-0.3, -0.25) is 4.99 Å². The van der Waals surface area contributed by atoms with E-state index in [2.05, 4.69) is 35.6 Å². The molecule has 2 rings (SSSR count). The van der Waals surface area contributed by atoms with E-state index in [1.165, 1.54) is 0 Å². The molecule has 0 fully saturated rings. The fraction of sp³-hybridized carbons (Fsp3) is 0.267. The fourth-order valence-electron chi connectivity index (χ4n) is 1.66. The van der Waals surface area contributed by atoms with Gasteiger partial charge in [-0.1, -0.05) is 24.3 Å². The minimum Gasteiger partial charge on any atom is -0.356 e. The number of halogens is 2. The smallest absolute Gasteiger partial charge is 0.241 e. The number of aliphatic hydroxyl groups excluding tert-OH is 1. The van der Waals surface area contributed by atoms with E-state index in [4.69, 9.17) is 16.7 Å². The maximum absolute atomic E-state index is 10.4. The molecule has 1 unspecified atom stereocenters. The van der Waals surface area contributed by atoms with E-state index < -0.39 is 5.69 Å². The number of thiol groups is 1. The Labute approximate surface area is 134 Å². The van der Waals surface area contributed by atoms with Gasteiger partial charge in [0.05, 0.1) is 11.4 Å².